The predicted octanol–water partition coefficient (Wildman–Crippen LogP) is 2.23. The molecule has 0 radical (unpaired) electrons. The fourth-order valence-electron chi connectivity index (χ4n) is 2.78. The minimum absolute atomic E-state index is 0.298. The van der Waals surface area contributed by atoms with Crippen LogP contribution in [0.2, 0.25) is 0 Å². The Morgan fingerprint density at radius 1 is 1.07 bits per heavy atom. The van der Waals surface area contributed by atoms with Crippen molar-refractivity contribution < 1.29 is 4.79 Å². The number of carbonyl (C=O) groups is 1. The van der Waals surface area contributed by atoms with E-state index in [4.69, 9.17) is 0 Å². The van der Waals surface area contributed by atoms with Crippen molar-refractivity contribution in [3.63, 3.8) is 0 Å². The van der Waals surface area contributed by atoms with Gasteiger partial charge in [0.25, 0.3) is 0 Å². The molecule has 0 bridgehead atoms. The van der Waals surface area contributed by atoms with Crippen LogP contribution in [-0.4, -0.2) is 35.3 Å². The Hall–Kier alpha value is -4.01. The van der Waals surface area contributed by atoms with Crippen molar-refractivity contribution in [1.82, 2.24) is 34.6 Å². The second-order valence-electron chi connectivity index (χ2n) is 6.07. The third-order valence-electron chi connectivity index (χ3n) is 4.05. The highest BCUT2D eigenvalue weighted by Gasteiger charge is 2.08. The summed E-state index contributed by atoms with van der Waals surface area (Å²) in [7, 11) is 0. The second kappa shape index (κ2) is 8.12. The third-order valence-corrected chi connectivity index (χ3v) is 4.05. The summed E-state index contributed by atoms with van der Waals surface area (Å²) in [4.78, 5) is 24.6. The normalized spacial score (nSPS) is 10.6. The van der Waals surface area contributed by atoms with Gasteiger partial charge >= 0.3 is 6.03 Å². The number of nitrogens with zero attached hydrogens (tertiary/aromatic N) is 6. The van der Waals surface area contributed by atoms with Crippen LogP contribution in [0.15, 0.2) is 74.0 Å². The fourth-order valence-corrected chi connectivity index (χ4v) is 2.78. The lowest BCUT2D eigenvalue weighted by Gasteiger charge is -2.11. The number of anilines is 1. The summed E-state index contributed by atoms with van der Waals surface area (Å²) in [5.41, 5.74) is 2.62. The molecule has 140 valence electrons. The van der Waals surface area contributed by atoms with Crippen molar-refractivity contribution in [2.24, 2.45) is 0 Å². The number of nitrogens with one attached hydrogen (secondary N) is 2. The van der Waals surface area contributed by atoms with E-state index in [0.717, 1.165) is 16.8 Å². The molecular formula is C19H18N8O. The first kappa shape index (κ1) is 17.4. The first-order valence-corrected chi connectivity index (χ1v) is 8.66. The number of urea groups is 1. The molecule has 0 spiro atoms. The van der Waals surface area contributed by atoms with Gasteiger partial charge in [-0.05, 0) is 23.8 Å². The summed E-state index contributed by atoms with van der Waals surface area (Å²) >= 11 is 0. The van der Waals surface area contributed by atoms with Gasteiger partial charge in [-0.1, -0.05) is 18.2 Å². The minimum atomic E-state index is -0.298. The molecule has 0 aliphatic heterocycles. The topological polar surface area (TPSA) is 103 Å². The number of benzene rings is 1. The van der Waals surface area contributed by atoms with Gasteiger partial charge in [0.15, 0.2) is 5.82 Å². The number of carbonyl (C=O) groups excluding carboxylic acids is 1. The first-order valence-electron chi connectivity index (χ1n) is 8.66. The van der Waals surface area contributed by atoms with Crippen LogP contribution in [0.25, 0.3) is 5.82 Å². The number of aromatic nitrogens is 6. The van der Waals surface area contributed by atoms with Crippen molar-refractivity contribution in [1.29, 1.82) is 0 Å². The monoisotopic (exact) mass is 374 g/mol. The van der Waals surface area contributed by atoms with Gasteiger partial charge in [0.1, 0.15) is 12.7 Å². The van der Waals surface area contributed by atoms with E-state index in [-0.39, 0.29) is 6.03 Å². The van der Waals surface area contributed by atoms with E-state index in [1.807, 2.05) is 47.2 Å². The molecule has 3 heterocycles. The maximum absolute atomic E-state index is 12.3. The van der Waals surface area contributed by atoms with Gasteiger partial charge in [-0.15, -0.1) is 0 Å². The maximum atomic E-state index is 12.3. The molecule has 1 aromatic carbocycles. The van der Waals surface area contributed by atoms with E-state index in [9.17, 15) is 4.79 Å². The van der Waals surface area contributed by atoms with Crippen molar-refractivity contribution in [3.05, 3.63) is 85.1 Å². The van der Waals surface area contributed by atoms with Crippen LogP contribution >= 0.6 is 0 Å². The third kappa shape index (κ3) is 4.21. The van der Waals surface area contributed by atoms with Gasteiger partial charge in [-0.3, -0.25) is 0 Å². The molecule has 0 atom stereocenters. The highest BCUT2D eigenvalue weighted by molar-refractivity contribution is 5.89. The van der Waals surface area contributed by atoms with Crippen molar-refractivity contribution in [2.75, 3.05) is 5.32 Å². The fraction of sp³-hybridized carbons (Fsp3) is 0.105. The molecule has 0 unspecified atom stereocenters. The zero-order valence-electron chi connectivity index (χ0n) is 14.9. The van der Waals surface area contributed by atoms with Gasteiger partial charge in [0, 0.05) is 42.9 Å². The SMILES string of the molecule is O=C(NCc1cccnc1-n1cncn1)Nc1cccc(Cn2ccnc2)c1. The van der Waals surface area contributed by atoms with Crippen LogP contribution in [0.5, 0.6) is 0 Å². The van der Waals surface area contributed by atoms with E-state index in [2.05, 4.69) is 30.7 Å². The molecule has 0 saturated heterocycles. The summed E-state index contributed by atoms with van der Waals surface area (Å²) in [6.07, 6.45) is 10.1. The largest absolute Gasteiger partial charge is 0.334 e. The van der Waals surface area contributed by atoms with Crippen LogP contribution in [0.3, 0.4) is 0 Å². The van der Waals surface area contributed by atoms with E-state index < -0.39 is 0 Å². The predicted molar refractivity (Wildman–Crippen MR) is 103 cm³/mol. The van der Waals surface area contributed by atoms with E-state index >= 15 is 0 Å². The standard InChI is InChI=1S/C19H18N8O/c28-19(23-10-16-4-2-6-22-18(16)27-14-21-12-24-27)25-17-5-1-3-15(9-17)11-26-8-7-20-13-26/h1-9,12-14H,10-11H2,(H2,23,25,28). The Labute approximate surface area is 161 Å². The lowest BCUT2D eigenvalue weighted by molar-refractivity contribution is 0.251. The van der Waals surface area contributed by atoms with Crippen LogP contribution in [-0.2, 0) is 13.1 Å². The first-order chi connectivity index (χ1) is 13.8. The van der Waals surface area contributed by atoms with Gasteiger partial charge in [-0.2, -0.15) is 5.10 Å². The molecule has 2 N–H and O–H groups in total. The molecular weight excluding hydrogens is 356 g/mol. The molecule has 0 fully saturated rings. The maximum Gasteiger partial charge on any atom is 0.319 e. The zero-order valence-corrected chi connectivity index (χ0v) is 14.9. The van der Waals surface area contributed by atoms with Crippen molar-refractivity contribution >= 4 is 11.7 Å². The average Bonchev–Trinajstić information content (AvgIpc) is 3.41. The van der Waals surface area contributed by atoms with Gasteiger partial charge in [-0.25, -0.2) is 24.4 Å². The lowest BCUT2D eigenvalue weighted by atomic mass is 10.2. The molecule has 0 saturated carbocycles. The molecule has 4 rings (SSSR count). The molecule has 3 aromatic heterocycles. The number of rotatable bonds is 6. The number of hydrogen-bond acceptors (Lipinski definition) is 5. The molecule has 4 aromatic rings. The molecule has 9 heteroatoms. The average molecular weight is 374 g/mol. The Balaban J connectivity index is 1.38. The van der Waals surface area contributed by atoms with Crippen molar-refractivity contribution in [3.8, 4) is 5.82 Å². The summed E-state index contributed by atoms with van der Waals surface area (Å²) in [5, 5.41) is 9.79. The molecule has 28 heavy (non-hydrogen) atoms. The number of pyridine rings is 1. The summed E-state index contributed by atoms with van der Waals surface area (Å²) in [5.74, 6) is 0.627. The minimum Gasteiger partial charge on any atom is -0.334 e. The van der Waals surface area contributed by atoms with Gasteiger partial charge < -0.3 is 15.2 Å². The van der Waals surface area contributed by atoms with E-state index in [1.165, 1.54) is 6.33 Å². The van der Waals surface area contributed by atoms with Gasteiger partial charge in [0.05, 0.1) is 6.33 Å². The Morgan fingerprint density at radius 3 is 2.86 bits per heavy atom. The smallest absolute Gasteiger partial charge is 0.319 e. The van der Waals surface area contributed by atoms with Crippen molar-refractivity contribution in [2.45, 2.75) is 13.1 Å². The number of amides is 2. The molecule has 0 aliphatic carbocycles. The lowest BCUT2D eigenvalue weighted by Crippen LogP contribution is -2.28. The second-order valence-corrected chi connectivity index (χ2v) is 6.07. The van der Waals surface area contributed by atoms with E-state index in [0.29, 0.717) is 18.9 Å². The van der Waals surface area contributed by atoms with Crippen LogP contribution in [0.4, 0.5) is 10.5 Å². The molecule has 9 nitrogen and oxygen atoms in total. The Kier molecular flexibility index (Phi) is 5.05. The highest BCUT2D eigenvalue weighted by atomic mass is 16.2. The quantitative estimate of drug-likeness (QED) is 0.539. The summed E-state index contributed by atoms with van der Waals surface area (Å²) in [6.45, 7) is 0.998. The van der Waals surface area contributed by atoms with Gasteiger partial charge in [0.2, 0.25) is 0 Å². The number of imidazole rings is 1. The Morgan fingerprint density at radius 2 is 2.04 bits per heavy atom. The van der Waals surface area contributed by atoms with Crippen LogP contribution in [0, 0.1) is 0 Å². The molecule has 0 aliphatic rings. The summed E-state index contributed by atoms with van der Waals surface area (Å²) < 4.78 is 3.53. The summed E-state index contributed by atoms with van der Waals surface area (Å²) in [6, 6.07) is 11.1. The zero-order chi connectivity index (χ0) is 19.2. The molecule has 2 amide bonds. The van der Waals surface area contributed by atoms with Crippen LogP contribution < -0.4 is 10.6 Å². The Bertz CT molecular complexity index is 1040. The van der Waals surface area contributed by atoms with E-state index in [1.54, 1.807) is 29.7 Å². The van der Waals surface area contributed by atoms with Crippen LogP contribution in [0.1, 0.15) is 11.1 Å². The highest BCUT2D eigenvalue weighted by Crippen LogP contribution is 2.13. The number of hydrogen-bond donors (Lipinski definition) is 2.